The van der Waals surface area contributed by atoms with Gasteiger partial charge in [0.05, 0.1) is 5.41 Å². The van der Waals surface area contributed by atoms with E-state index in [1.807, 2.05) is 72.8 Å². The summed E-state index contributed by atoms with van der Waals surface area (Å²) in [6, 6.07) is 27.1. The molecule has 0 bridgehead atoms. The third-order valence-corrected chi connectivity index (χ3v) is 6.40. The van der Waals surface area contributed by atoms with E-state index in [0.717, 1.165) is 42.6 Å². The molecule has 0 aromatic heterocycles. The minimum atomic E-state index is -2.07. The molecule has 6 nitrogen and oxygen atoms in total. The Bertz CT molecular complexity index is 1000. The summed E-state index contributed by atoms with van der Waals surface area (Å²) < 4.78 is 22.2. The fourth-order valence-electron chi connectivity index (χ4n) is 4.19. The largest absolute Gasteiger partial charge is 0.369 e. The lowest BCUT2D eigenvalue weighted by Crippen LogP contribution is -2.43. The number of hydrogen-bond acceptors (Lipinski definition) is 3. The van der Waals surface area contributed by atoms with Crippen LogP contribution in [0.25, 0.3) is 0 Å². The Labute approximate surface area is 198 Å². The van der Waals surface area contributed by atoms with Gasteiger partial charge in [-0.2, -0.15) is 0 Å². The molecule has 3 aromatic rings. The van der Waals surface area contributed by atoms with Gasteiger partial charge in [-0.1, -0.05) is 72.8 Å². The highest BCUT2D eigenvalue weighted by Crippen LogP contribution is 2.36. The third-order valence-electron chi connectivity index (χ3n) is 5.99. The van der Waals surface area contributed by atoms with Crippen LogP contribution in [-0.4, -0.2) is 39.7 Å². The number of hydrogen-bond donors (Lipinski definition) is 3. The van der Waals surface area contributed by atoms with E-state index in [2.05, 4.69) is 16.7 Å². The number of likely N-dealkylation sites (N-methyl/N-ethyl adjacent to an activating group) is 1. The maximum absolute atomic E-state index is 12.9. The van der Waals surface area contributed by atoms with Crippen molar-refractivity contribution in [1.82, 2.24) is 4.90 Å². The van der Waals surface area contributed by atoms with Crippen molar-refractivity contribution in [3.8, 4) is 0 Å². The Hall–Kier alpha value is -3.00. The highest BCUT2D eigenvalue weighted by atomic mass is 32.2. The van der Waals surface area contributed by atoms with Crippen LogP contribution in [0.5, 0.6) is 0 Å². The summed E-state index contributed by atoms with van der Waals surface area (Å²) in [7, 11) is 2.07. The highest BCUT2D eigenvalue weighted by Gasteiger charge is 2.39. The molecule has 0 aliphatic heterocycles. The molecule has 33 heavy (non-hydrogen) atoms. The Balaban J connectivity index is 1.63. The van der Waals surface area contributed by atoms with E-state index in [1.165, 1.54) is 0 Å². The first-order chi connectivity index (χ1) is 15.9. The van der Waals surface area contributed by atoms with Crippen LogP contribution in [0.2, 0.25) is 0 Å². The van der Waals surface area contributed by atoms with Gasteiger partial charge in [-0.05, 0) is 61.7 Å². The van der Waals surface area contributed by atoms with Crippen molar-refractivity contribution in [3.05, 3.63) is 102 Å². The smallest absolute Gasteiger partial charge is 0.259 e. The summed E-state index contributed by atoms with van der Waals surface area (Å²) in [6.45, 7) is 1.69. The molecule has 0 radical (unpaired) electrons. The van der Waals surface area contributed by atoms with Crippen molar-refractivity contribution in [2.24, 2.45) is 5.73 Å². The van der Waals surface area contributed by atoms with Crippen LogP contribution >= 0.6 is 0 Å². The molecule has 4 N–H and O–H groups in total. The monoisotopic (exact) mass is 465 g/mol. The Morgan fingerprint density at radius 3 is 1.97 bits per heavy atom. The topological polar surface area (TPSA) is 95.7 Å². The zero-order chi connectivity index (χ0) is 23.7. The fourth-order valence-corrected chi connectivity index (χ4v) is 4.53. The van der Waals surface area contributed by atoms with Crippen LogP contribution in [0.4, 0.5) is 5.69 Å². The zero-order valence-corrected chi connectivity index (χ0v) is 19.6. The summed E-state index contributed by atoms with van der Waals surface area (Å²) in [5, 5.41) is 0. The van der Waals surface area contributed by atoms with E-state index in [1.54, 1.807) is 12.1 Å². The van der Waals surface area contributed by atoms with E-state index >= 15 is 0 Å². The lowest BCUT2D eigenvalue weighted by molar-refractivity contribution is -0.122. The number of amides is 1. The molecule has 3 aromatic carbocycles. The molecule has 0 saturated carbocycles. The molecular formula is C26H31N3O3S. The Morgan fingerprint density at radius 1 is 0.939 bits per heavy atom. The van der Waals surface area contributed by atoms with Crippen LogP contribution in [0.1, 0.15) is 29.5 Å². The average Bonchev–Trinajstić information content (AvgIpc) is 2.82. The van der Waals surface area contributed by atoms with Gasteiger partial charge in [0.15, 0.2) is 0 Å². The minimum Gasteiger partial charge on any atom is -0.369 e. The molecule has 0 fully saturated rings. The lowest BCUT2D eigenvalue weighted by atomic mass is 9.70. The van der Waals surface area contributed by atoms with Crippen LogP contribution < -0.4 is 10.5 Å². The van der Waals surface area contributed by atoms with Crippen molar-refractivity contribution < 1.29 is 13.6 Å². The maximum atomic E-state index is 12.9. The number of primary amides is 1. The van der Waals surface area contributed by atoms with Crippen molar-refractivity contribution in [1.29, 1.82) is 0 Å². The first-order valence-corrected chi connectivity index (χ1v) is 12.1. The predicted octanol–water partition coefficient (Wildman–Crippen LogP) is 3.96. The van der Waals surface area contributed by atoms with Gasteiger partial charge in [0, 0.05) is 12.2 Å². The molecule has 0 saturated heterocycles. The number of carbonyl (C=O) groups is 1. The van der Waals surface area contributed by atoms with Gasteiger partial charge in [0.25, 0.3) is 11.3 Å². The van der Waals surface area contributed by atoms with Gasteiger partial charge in [0.1, 0.15) is 0 Å². The lowest BCUT2D eigenvalue weighted by Gasteiger charge is -2.32. The van der Waals surface area contributed by atoms with Crippen molar-refractivity contribution in [2.75, 3.05) is 24.9 Å². The molecule has 7 heteroatoms. The number of nitrogens with zero attached hydrogens (tertiary/aromatic N) is 1. The molecule has 0 spiro atoms. The van der Waals surface area contributed by atoms with E-state index in [0.29, 0.717) is 12.1 Å². The van der Waals surface area contributed by atoms with Crippen LogP contribution in [0.15, 0.2) is 84.9 Å². The van der Waals surface area contributed by atoms with E-state index in [9.17, 15) is 9.00 Å². The standard InChI is InChI=1S/C26H31N3O3S/c1-29(20-17-21-13-15-24(16-14-21)28-33(31)32)19-8-18-26(25(27)30,22-9-4-2-5-10-22)23-11-6-3-7-12-23/h2-7,9-16,28H,8,17-20H2,1H3,(H2,27,30)(H,31,32). The summed E-state index contributed by atoms with van der Waals surface area (Å²) in [5.74, 6) is -0.333. The van der Waals surface area contributed by atoms with Crippen LogP contribution in [0.3, 0.4) is 0 Å². The second-order valence-corrected chi connectivity index (χ2v) is 8.91. The number of benzene rings is 3. The zero-order valence-electron chi connectivity index (χ0n) is 18.8. The molecule has 0 aliphatic carbocycles. The van der Waals surface area contributed by atoms with Crippen molar-refractivity contribution in [2.45, 2.75) is 24.7 Å². The molecular weight excluding hydrogens is 434 g/mol. The third kappa shape index (κ3) is 6.51. The van der Waals surface area contributed by atoms with Gasteiger partial charge in [0.2, 0.25) is 5.91 Å². The van der Waals surface area contributed by atoms with Gasteiger partial charge in [-0.25, -0.2) is 4.21 Å². The van der Waals surface area contributed by atoms with E-state index < -0.39 is 16.7 Å². The average molecular weight is 466 g/mol. The summed E-state index contributed by atoms with van der Waals surface area (Å²) in [6.07, 6.45) is 2.30. The number of nitrogens with one attached hydrogen (secondary N) is 1. The molecule has 1 amide bonds. The molecule has 0 heterocycles. The molecule has 3 rings (SSSR count). The highest BCUT2D eigenvalue weighted by molar-refractivity contribution is 7.80. The number of anilines is 1. The number of rotatable bonds is 12. The second kappa shape index (κ2) is 11.7. The second-order valence-electron chi connectivity index (χ2n) is 8.21. The first kappa shape index (κ1) is 24.6. The Kier molecular flexibility index (Phi) is 8.77. The Morgan fingerprint density at radius 2 is 1.48 bits per heavy atom. The van der Waals surface area contributed by atoms with Crippen LogP contribution in [-0.2, 0) is 27.9 Å². The van der Waals surface area contributed by atoms with Gasteiger partial charge >= 0.3 is 0 Å². The van der Waals surface area contributed by atoms with Crippen molar-refractivity contribution >= 4 is 22.9 Å². The number of carbonyl (C=O) groups excluding carboxylic acids is 1. The van der Waals surface area contributed by atoms with Gasteiger partial charge in [-0.3, -0.25) is 14.1 Å². The quantitative estimate of drug-likeness (QED) is 0.353. The number of nitrogens with two attached hydrogens (primary N) is 1. The fraction of sp³-hybridized carbons (Fsp3) is 0.269. The molecule has 0 aliphatic rings. The minimum absolute atomic E-state index is 0.333. The van der Waals surface area contributed by atoms with Gasteiger partial charge < -0.3 is 10.6 Å². The van der Waals surface area contributed by atoms with E-state index in [-0.39, 0.29) is 5.91 Å². The maximum Gasteiger partial charge on any atom is 0.259 e. The molecule has 1 atom stereocenters. The molecule has 1 unspecified atom stereocenters. The van der Waals surface area contributed by atoms with Crippen molar-refractivity contribution in [3.63, 3.8) is 0 Å². The first-order valence-electron chi connectivity index (χ1n) is 11.0. The summed E-state index contributed by atoms with van der Waals surface area (Å²) >= 11 is -2.07. The normalized spacial score (nSPS) is 12.5. The summed E-state index contributed by atoms with van der Waals surface area (Å²) in [4.78, 5) is 15.1. The van der Waals surface area contributed by atoms with E-state index in [4.69, 9.17) is 10.3 Å². The SMILES string of the molecule is CN(CCCC(C(N)=O)(c1ccccc1)c1ccccc1)CCc1ccc(NS(=O)O)cc1. The van der Waals surface area contributed by atoms with Gasteiger partial charge in [-0.15, -0.1) is 0 Å². The predicted molar refractivity (Wildman–Crippen MR) is 134 cm³/mol. The molecule has 174 valence electrons. The summed E-state index contributed by atoms with van der Waals surface area (Å²) in [5.41, 5.74) is 8.77. The van der Waals surface area contributed by atoms with Crippen LogP contribution in [0, 0.1) is 0 Å².